The molecular formula is CCl2FO3S. The Morgan fingerprint density at radius 1 is 1.38 bits per heavy atom. The van der Waals surface area contributed by atoms with Gasteiger partial charge in [0.05, 0.1) is 0 Å². The summed E-state index contributed by atoms with van der Waals surface area (Å²) in [6.07, 6.45) is 0. The van der Waals surface area contributed by atoms with Crippen LogP contribution in [0.15, 0.2) is 0 Å². The molecule has 0 fully saturated rings. The van der Waals surface area contributed by atoms with Gasteiger partial charge < -0.3 is 0 Å². The molecule has 1 radical (unpaired) electrons. The van der Waals surface area contributed by atoms with Crippen LogP contribution in [0.1, 0.15) is 0 Å². The van der Waals surface area contributed by atoms with E-state index in [4.69, 9.17) is 0 Å². The van der Waals surface area contributed by atoms with Crippen LogP contribution in [-0.2, 0) is 14.7 Å². The number of rotatable bonds is 1. The third-order valence-electron chi connectivity index (χ3n) is 0.283. The van der Waals surface area contributed by atoms with Crippen LogP contribution in [0.25, 0.3) is 0 Å². The van der Waals surface area contributed by atoms with Crippen molar-refractivity contribution >= 4 is 33.3 Å². The van der Waals surface area contributed by atoms with Gasteiger partial charge in [-0.25, -0.2) is 0 Å². The monoisotopic (exact) mass is 181 g/mol. The Kier molecular flexibility index (Phi) is 2.09. The van der Waals surface area contributed by atoms with Crippen molar-refractivity contribution in [2.45, 2.75) is 3.92 Å². The molecule has 0 saturated heterocycles. The Morgan fingerprint density at radius 3 is 1.50 bits per heavy atom. The van der Waals surface area contributed by atoms with Crippen molar-refractivity contribution in [3.8, 4) is 0 Å². The van der Waals surface area contributed by atoms with Crippen LogP contribution in [0.3, 0.4) is 0 Å². The SMILES string of the molecule is [O]S(=O)(=O)C(F)(Cl)Cl. The first-order valence-corrected chi connectivity index (χ1v) is 3.44. The smallest absolute Gasteiger partial charge is 0.191 e. The van der Waals surface area contributed by atoms with Gasteiger partial charge in [0.1, 0.15) is 0 Å². The molecule has 0 rings (SSSR count). The van der Waals surface area contributed by atoms with E-state index in [0.29, 0.717) is 0 Å². The molecule has 0 aromatic heterocycles. The number of alkyl halides is 3. The summed E-state index contributed by atoms with van der Waals surface area (Å²) in [5.74, 6) is 0. The lowest BCUT2D eigenvalue weighted by Gasteiger charge is -1.99. The molecule has 49 valence electrons. The predicted octanol–water partition coefficient (Wildman–Crippen LogP) is 0.805. The Labute approximate surface area is 55.1 Å². The van der Waals surface area contributed by atoms with Gasteiger partial charge in [-0.05, 0) is 23.2 Å². The van der Waals surface area contributed by atoms with Crippen LogP contribution in [0.2, 0.25) is 0 Å². The highest BCUT2D eigenvalue weighted by Crippen LogP contribution is 2.28. The average molecular weight is 182 g/mol. The Balaban J connectivity index is 4.53. The zero-order chi connectivity index (χ0) is 7.00. The molecule has 0 amide bonds. The van der Waals surface area contributed by atoms with Crippen LogP contribution >= 0.6 is 23.2 Å². The van der Waals surface area contributed by atoms with Crippen LogP contribution in [-0.4, -0.2) is 12.3 Å². The van der Waals surface area contributed by atoms with Crippen LogP contribution < -0.4 is 0 Å². The van der Waals surface area contributed by atoms with E-state index in [1.807, 2.05) is 0 Å². The second-order valence-electron chi connectivity index (χ2n) is 0.900. The third-order valence-corrected chi connectivity index (χ3v) is 1.98. The molecule has 7 heteroatoms. The van der Waals surface area contributed by atoms with E-state index in [9.17, 15) is 17.4 Å². The van der Waals surface area contributed by atoms with Gasteiger partial charge in [-0.3, -0.25) is 0 Å². The van der Waals surface area contributed by atoms with E-state index in [2.05, 4.69) is 23.2 Å². The molecule has 0 unspecified atom stereocenters. The van der Waals surface area contributed by atoms with Gasteiger partial charge in [-0.2, -0.15) is 12.8 Å². The Bertz CT molecular complexity index is 166. The normalized spacial score (nSPS) is 14.0. The molecule has 0 atom stereocenters. The summed E-state index contributed by atoms with van der Waals surface area (Å²) < 4.78 is 36.2. The summed E-state index contributed by atoms with van der Waals surface area (Å²) in [7, 11) is -5.23. The minimum Gasteiger partial charge on any atom is -0.191 e. The van der Waals surface area contributed by atoms with Crippen molar-refractivity contribution in [3.63, 3.8) is 0 Å². The van der Waals surface area contributed by atoms with Gasteiger partial charge in [-0.15, -0.1) is 0 Å². The van der Waals surface area contributed by atoms with Crippen molar-refractivity contribution in [3.05, 3.63) is 0 Å². The summed E-state index contributed by atoms with van der Waals surface area (Å²) in [5, 5.41) is 0. The van der Waals surface area contributed by atoms with Gasteiger partial charge in [0, 0.05) is 0 Å². The average Bonchev–Trinajstić information content (AvgIpc) is 1.25. The maximum absolute atomic E-state index is 11.5. The summed E-state index contributed by atoms with van der Waals surface area (Å²) in [5.41, 5.74) is 0. The number of hydrogen-bond donors (Lipinski definition) is 0. The minimum absolute atomic E-state index is 3.70. The van der Waals surface area contributed by atoms with Gasteiger partial charge in [0.15, 0.2) is 0 Å². The van der Waals surface area contributed by atoms with Gasteiger partial charge >= 0.3 is 14.0 Å². The van der Waals surface area contributed by atoms with Gasteiger partial charge in [-0.1, -0.05) is 4.55 Å². The highest BCUT2D eigenvalue weighted by molar-refractivity contribution is 7.89. The highest BCUT2D eigenvalue weighted by atomic mass is 35.5. The molecule has 0 aliphatic rings. The lowest BCUT2D eigenvalue weighted by atomic mass is 11.7. The second-order valence-corrected chi connectivity index (χ2v) is 4.05. The highest BCUT2D eigenvalue weighted by Gasteiger charge is 2.40. The van der Waals surface area contributed by atoms with Gasteiger partial charge in [0.25, 0.3) is 0 Å². The topological polar surface area (TPSA) is 54.0 Å². The van der Waals surface area contributed by atoms with E-state index < -0.39 is 14.0 Å². The van der Waals surface area contributed by atoms with E-state index >= 15 is 0 Å². The van der Waals surface area contributed by atoms with Crippen molar-refractivity contribution in [2.24, 2.45) is 0 Å². The summed E-state index contributed by atoms with van der Waals surface area (Å²) >= 11 is 8.42. The Morgan fingerprint density at radius 2 is 1.50 bits per heavy atom. The van der Waals surface area contributed by atoms with Crippen molar-refractivity contribution in [1.82, 2.24) is 0 Å². The molecule has 0 bridgehead atoms. The first-order valence-electron chi connectivity index (χ1n) is 1.27. The lowest BCUT2D eigenvalue weighted by molar-refractivity contribution is 0.363. The third kappa shape index (κ3) is 2.13. The molecule has 0 heterocycles. The van der Waals surface area contributed by atoms with Crippen molar-refractivity contribution in [1.29, 1.82) is 0 Å². The lowest BCUT2D eigenvalue weighted by Crippen LogP contribution is -2.17. The molecule has 0 aliphatic carbocycles. The maximum atomic E-state index is 11.5. The molecule has 0 aliphatic heterocycles. The Hall–Kier alpha value is 0.420. The fourth-order valence-electron chi connectivity index (χ4n) is 0. The summed E-state index contributed by atoms with van der Waals surface area (Å²) in [4.78, 5) is 0. The predicted molar refractivity (Wildman–Crippen MR) is 25.2 cm³/mol. The first-order chi connectivity index (χ1) is 3.25. The maximum Gasteiger partial charge on any atom is 0.385 e. The number of hydrogen-bond acceptors (Lipinski definition) is 2. The summed E-state index contributed by atoms with van der Waals surface area (Å²) in [6, 6.07) is 0. The van der Waals surface area contributed by atoms with E-state index in [0.717, 1.165) is 0 Å². The minimum atomic E-state index is -5.23. The van der Waals surface area contributed by atoms with E-state index in [1.165, 1.54) is 0 Å². The number of halogens is 3. The van der Waals surface area contributed by atoms with Crippen molar-refractivity contribution < 1.29 is 17.4 Å². The van der Waals surface area contributed by atoms with Crippen LogP contribution in [0.5, 0.6) is 0 Å². The molecule has 0 spiro atoms. The second kappa shape index (κ2) is 1.98. The largest absolute Gasteiger partial charge is 0.385 e. The van der Waals surface area contributed by atoms with Crippen LogP contribution in [0, 0.1) is 0 Å². The fraction of sp³-hybridized carbons (Fsp3) is 1.00. The molecule has 0 N–H and O–H groups in total. The molecular weight excluding hydrogens is 182 g/mol. The molecule has 3 nitrogen and oxygen atoms in total. The van der Waals surface area contributed by atoms with E-state index in [1.54, 1.807) is 0 Å². The zero-order valence-corrected chi connectivity index (χ0v) is 5.60. The van der Waals surface area contributed by atoms with Gasteiger partial charge in [0.2, 0.25) is 0 Å². The molecule has 0 aromatic rings. The molecule has 8 heavy (non-hydrogen) atoms. The molecule has 0 aromatic carbocycles. The first kappa shape index (κ1) is 8.42. The van der Waals surface area contributed by atoms with Crippen LogP contribution in [0.4, 0.5) is 4.39 Å². The standard InChI is InChI=1S/CCl2FO3S/c2-1(3,4)8(5,6)7. The van der Waals surface area contributed by atoms with E-state index in [-0.39, 0.29) is 0 Å². The molecule has 0 saturated carbocycles. The fourth-order valence-corrected chi connectivity index (χ4v) is 0. The summed E-state index contributed by atoms with van der Waals surface area (Å²) in [6.45, 7) is 0. The zero-order valence-electron chi connectivity index (χ0n) is 3.27. The van der Waals surface area contributed by atoms with Crippen molar-refractivity contribution in [2.75, 3.05) is 0 Å². The quantitative estimate of drug-likeness (QED) is 0.563.